The van der Waals surface area contributed by atoms with Crippen LogP contribution in [0.2, 0.25) is 0 Å². The van der Waals surface area contributed by atoms with E-state index in [1.807, 2.05) is 12.4 Å². The van der Waals surface area contributed by atoms with Gasteiger partial charge >= 0.3 is 0 Å². The van der Waals surface area contributed by atoms with Crippen LogP contribution in [0.4, 0.5) is 5.69 Å². The van der Waals surface area contributed by atoms with Crippen molar-refractivity contribution < 1.29 is 0 Å². The number of fused-ring (bicyclic) bond motifs is 3. The molecule has 0 aliphatic carbocycles. The Bertz CT molecular complexity index is 650. The number of hydrogen-bond acceptors (Lipinski definition) is 3. The Morgan fingerprint density at radius 3 is 2.75 bits per heavy atom. The first-order chi connectivity index (χ1) is 9.92. The van der Waals surface area contributed by atoms with Gasteiger partial charge in [0.1, 0.15) is 11.7 Å². The Balaban J connectivity index is 1.81. The predicted molar refractivity (Wildman–Crippen MR) is 79.8 cm³/mol. The van der Waals surface area contributed by atoms with Crippen molar-refractivity contribution >= 4 is 11.5 Å². The highest BCUT2D eigenvalue weighted by Crippen LogP contribution is 2.28. The van der Waals surface area contributed by atoms with Crippen molar-refractivity contribution in [3.63, 3.8) is 0 Å². The quantitative estimate of drug-likeness (QED) is 0.734. The van der Waals surface area contributed by atoms with E-state index in [4.69, 9.17) is 4.99 Å². The zero-order valence-corrected chi connectivity index (χ0v) is 11.5. The van der Waals surface area contributed by atoms with Crippen LogP contribution in [0.3, 0.4) is 0 Å². The van der Waals surface area contributed by atoms with Gasteiger partial charge in [-0.3, -0.25) is 0 Å². The lowest BCUT2D eigenvalue weighted by Gasteiger charge is -2.29. The fourth-order valence-electron chi connectivity index (χ4n) is 3.10. The lowest BCUT2D eigenvalue weighted by molar-refractivity contribution is 0.338. The zero-order valence-electron chi connectivity index (χ0n) is 11.5. The number of aliphatic imine (C=N–C) groups is 1. The minimum Gasteiger partial charge on any atom is -0.360 e. The van der Waals surface area contributed by atoms with E-state index in [9.17, 15) is 0 Å². The maximum Gasteiger partial charge on any atom is 0.120 e. The van der Waals surface area contributed by atoms with Gasteiger partial charge in [0.25, 0.3) is 0 Å². The summed E-state index contributed by atoms with van der Waals surface area (Å²) in [5, 5.41) is 0. The number of nitrogens with zero attached hydrogens (tertiary/aromatic N) is 4. The molecule has 0 spiro atoms. The van der Waals surface area contributed by atoms with Crippen molar-refractivity contribution in [2.24, 2.45) is 4.99 Å². The van der Waals surface area contributed by atoms with Crippen LogP contribution in [-0.4, -0.2) is 33.4 Å². The van der Waals surface area contributed by atoms with Crippen LogP contribution in [0.5, 0.6) is 0 Å². The second kappa shape index (κ2) is 4.78. The van der Waals surface area contributed by atoms with Gasteiger partial charge in [-0.2, -0.15) is 0 Å². The Labute approximate surface area is 118 Å². The molecule has 102 valence electrons. The van der Waals surface area contributed by atoms with Gasteiger partial charge in [-0.25, -0.2) is 9.98 Å². The molecule has 1 fully saturated rings. The van der Waals surface area contributed by atoms with Crippen LogP contribution in [0.25, 0.3) is 5.69 Å². The van der Waals surface area contributed by atoms with Gasteiger partial charge in [0.15, 0.2) is 0 Å². The summed E-state index contributed by atoms with van der Waals surface area (Å²) in [5.74, 6) is 2.25. The molecule has 20 heavy (non-hydrogen) atoms. The molecule has 3 heterocycles. The number of amidine groups is 1. The summed E-state index contributed by atoms with van der Waals surface area (Å²) in [7, 11) is 0. The summed E-state index contributed by atoms with van der Waals surface area (Å²) in [5.41, 5.74) is 2.18. The summed E-state index contributed by atoms with van der Waals surface area (Å²) < 4.78 is 2.16. The van der Waals surface area contributed by atoms with Crippen LogP contribution < -0.4 is 0 Å². The first-order valence-electron chi connectivity index (χ1n) is 7.36. The highest BCUT2D eigenvalue weighted by molar-refractivity contribution is 5.88. The minimum atomic E-state index is 0.821. The molecule has 0 radical (unpaired) electrons. The largest absolute Gasteiger partial charge is 0.360 e. The van der Waals surface area contributed by atoms with Crippen molar-refractivity contribution in [1.82, 2.24) is 14.5 Å². The van der Waals surface area contributed by atoms with Crippen LogP contribution in [0.1, 0.15) is 25.1 Å². The average molecular weight is 266 g/mol. The highest BCUT2D eigenvalue weighted by Gasteiger charge is 2.21. The maximum atomic E-state index is 4.93. The Hall–Kier alpha value is -2.10. The molecule has 2 aliphatic rings. The third kappa shape index (κ3) is 1.92. The molecule has 4 heteroatoms. The number of benzene rings is 1. The number of piperidine rings is 1. The number of likely N-dealkylation sites (tertiary alicyclic amines) is 1. The predicted octanol–water partition coefficient (Wildman–Crippen LogP) is 2.94. The SMILES string of the molecule is c1ccc2c(c1)N=C(N1CCCCC1)Cc1nccn1-2. The smallest absolute Gasteiger partial charge is 0.120 e. The molecule has 1 aromatic carbocycles. The van der Waals surface area contributed by atoms with Crippen LogP contribution >= 0.6 is 0 Å². The molecule has 1 saturated heterocycles. The number of para-hydroxylation sites is 2. The van der Waals surface area contributed by atoms with Gasteiger partial charge < -0.3 is 9.47 Å². The summed E-state index contributed by atoms with van der Waals surface area (Å²) in [6.07, 6.45) is 8.62. The molecule has 0 N–H and O–H groups in total. The second-order valence-electron chi connectivity index (χ2n) is 5.45. The Morgan fingerprint density at radius 2 is 1.85 bits per heavy atom. The van der Waals surface area contributed by atoms with E-state index in [0.29, 0.717) is 0 Å². The molecule has 2 aromatic rings. The summed E-state index contributed by atoms with van der Waals surface area (Å²) in [6.45, 7) is 2.25. The molecule has 0 unspecified atom stereocenters. The minimum absolute atomic E-state index is 0.821. The van der Waals surface area contributed by atoms with Gasteiger partial charge in [-0.1, -0.05) is 12.1 Å². The fraction of sp³-hybridized carbons (Fsp3) is 0.375. The van der Waals surface area contributed by atoms with Crippen molar-refractivity contribution in [3.05, 3.63) is 42.5 Å². The van der Waals surface area contributed by atoms with Gasteiger partial charge in [-0.15, -0.1) is 0 Å². The molecule has 1 aromatic heterocycles. The molecule has 0 bridgehead atoms. The van der Waals surface area contributed by atoms with Crippen molar-refractivity contribution in [2.75, 3.05) is 13.1 Å². The second-order valence-corrected chi connectivity index (χ2v) is 5.45. The lowest BCUT2D eigenvalue weighted by Crippen LogP contribution is -2.36. The Morgan fingerprint density at radius 1 is 1.00 bits per heavy atom. The monoisotopic (exact) mass is 266 g/mol. The van der Waals surface area contributed by atoms with Crippen LogP contribution in [0, 0.1) is 0 Å². The number of imidazole rings is 1. The normalized spacial score (nSPS) is 18.0. The fourth-order valence-corrected chi connectivity index (χ4v) is 3.10. The van der Waals surface area contributed by atoms with Gasteiger partial charge in [0.05, 0.1) is 17.8 Å². The van der Waals surface area contributed by atoms with E-state index >= 15 is 0 Å². The maximum absolute atomic E-state index is 4.93. The standard InChI is InChI=1S/C16H18N4/c1-4-9-19(10-5-1)16-12-15-17-8-11-20(15)14-7-3-2-6-13(14)18-16/h2-3,6-8,11H,1,4-5,9-10,12H2. The van der Waals surface area contributed by atoms with E-state index in [1.54, 1.807) is 0 Å². The summed E-state index contributed by atoms with van der Waals surface area (Å²) in [4.78, 5) is 11.9. The molecule has 4 rings (SSSR count). The number of aromatic nitrogens is 2. The molecule has 0 atom stereocenters. The van der Waals surface area contributed by atoms with Gasteiger partial charge in [0, 0.05) is 25.5 Å². The average Bonchev–Trinajstić information content (AvgIpc) is 2.90. The van der Waals surface area contributed by atoms with E-state index in [0.717, 1.165) is 36.7 Å². The topological polar surface area (TPSA) is 33.4 Å². The van der Waals surface area contributed by atoms with E-state index in [-0.39, 0.29) is 0 Å². The van der Waals surface area contributed by atoms with Crippen molar-refractivity contribution in [1.29, 1.82) is 0 Å². The van der Waals surface area contributed by atoms with E-state index < -0.39 is 0 Å². The number of rotatable bonds is 0. The van der Waals surface area contributed by atoms with E-state index in [1.165, 1.54) is 25.1 Å². The van der Waals surface area contributed by atoms with Crippen molar-refractivity contribution in [3.8, 4) is 5.69 Å². The summed E-state index contributed by atoms with van der Waals surface area (Å²) >= 11 is 0. The lowest BCUT2D eigenvalue weighted by atomic mass is 10.1. The zero-order chi connectivity index (χ0) is 13.4. The highest BCUT2D eigenvalue weighted by atomic mass is 15.2. The molecular formula is C16H18N4. The van der Waals surface area contributed by atoms with E-state index in [2.05, 4.69) is 38.7 Å². The van der Waals surface area contributed by atoms with Crippen molar-refractivity contribution in [2.45, 2.75) is 25.7 Å². The third-order valence-corrected chi connectivity index (χ3v) is 4.15. The van der Waals surface area contributed by atoms with Gasteiger partial charge in [-0.05, 0) is 31.4 Å². The third-order valence-electron chi connectivity index (χ3n) is 4.15. The molecular weight excluding hydrogens is 248 g/mol. The van der Waals surface area contributed by atoms with Crippen LogP contribution in [0.15, 0.2) is 41.7 Å². The van der Waals surface area contributed by atoms with Gasteiger partial charge in [0.2, 0.25) is 0 Å². The van der Waals surface area contributed by atoms with Crippen LogP contribution in [-0.2, 0) is 6.42 Å². The first kappa shape index (κ1) is 11.7. The molecule has 0 saturated carbocycles. The summed E-state index contributed by atoms with van der Waals surface area (Å²) in [6, 6.07) is 8.32. The molecule has 0 amide bonds. The molecule has 4 nitrogen and oxygen atoms in total. The number of hydrogen-bond donors (Lipinski definition) is 0. The first-order valence-corrected chi connectivity index (χ1v) is 7.36. The Kier molecular flexibility index (Phi) is 2.80. The molecule has 2 aliphatic heterocycles.